The van der Waals surface area contributed by atoms with Crippen molar-refractivity contribution in [3.8, 4) is 0 Å². The van der Waals surface area contributed by atoms with Crippen molar-refractivity contribution in [2.75, 3.05) is 0 Å². The average Bonchev–Trinajstić information content (AvgIpc) is 2.43. The number of benzene rings is 1. The van der Waals surface area contributed by atoms with Crippen molar-refractivity contribution in [1.82, 2.24) is 0 Å². The molecule has 1 aromatic rings. The fraction of sp³-hybridized carbons (Fsp3) is 0.385. The molecule has 2 nitrogen and oxygen atoms in total. The summed E-state index contributed by atoms with van der Waals surface area (Å²) < 4.78 is 0. The minimum absolute atomic E-state index is 0.0151. The van der Waals surface area contributed by atoms with E-state index in [0.29, 0.717) is 5.56 Å². The van der Waals surface area contributed by atoms with Crippen molar-refractivity contribution in [1.29, 1.82) is 0 Å². The topological polar surface area (TPSA) is 34.1 Å². The van der Waals surface area contributed by atoms with E-state index < -0.39 is 5.41 Å². The van der Waals surface area contributed by atoms with E-state index in [1.54, 1.807) is 6.92 Å². The Bertz CT molecular complexity index is 448. The van der Waals surface area contributed by atoms with Gasteiger partial charge in [0.05, 0.1) is 5.41 Å². The number of carbonyl (C=O) groups excluding carboxylic acids is 2. The maximum Gasteiger partial charge on any atom is 0.176 e. The lowest BCUT2D eigenvalue weighted by molar-refractivity contribution is -0.123. The molecule has 0 radical (unpaired) electrons. The van der Waals surface area contributed by atoms with Gasteiger partial charge >= 0.3 is 0 Å². The Morgan fingerprint density at radius 3 is 2.47 bits per heavy atom. The number of ketones is 2. The zero-order valence-electron chi connectivity index (χ0n) is 9.20. The predicted molar refractivity (Wildman–Crippen MR) is 58.0 cm³/mol. The third-order valence-corrected chi connectivity index (χ3v) is 3.74. The molecule has 0 amide bonds. The van der Waals surface area contributed by atoms with Crippen LogP contribution in [0.25, 0.3) is 0 Å². The van der Waals surface area contributed by atoms with E-state index in [1.807, 2.05) is 31.2 Å². The Morgan fingerprint density at radius 2 is 1.93 bits per heavy atom. The second-order valence-electron chi connectivity index (χ2n) is 4.40. The molecule has 0 bridgehead atoms. The van der Waals surface area contributed by atoms with E-state index in [9.17, 15) is 9.59 Å². The van der Waals surface area contributed by atoms with Crippen LogP contribution in [0.1, 0.15) is 42.6 Å². The van der Waals surface area contributed by atoms with E-state index in [4.69, 9.17) is 0 Å². The van der Waals surface area contributed by atoms with E-state index in [0.717, 1.165) is 5.56 Å². The molecule has 2 unspecified atom stereocenters. The summed E-state index contributed by atoms with van der Waals surface area (Å²) in [5.74, 6) is -0.0898. The Hall–Kier alpha value is -1.44. The minimum atomic E-state index is -0.857. The van der Waals surface area contributed by atoms with Crippen molar-refractivity contribution in [2.45, 2.75) is 26.7 Å². The molecule has 0 aliphatic heterocycles. The van der Waals surface area contributed by atoms with Crippen LogP contribution in [0.3, 0.4) is 0 Å². The fourth-order valence-corrected chi connectivity index (χ4v) is 2.33. The summed E-state index contributed by atoms with van der Waals surface area (Å²) in [7, 11) is 0. The van der Waals surface area contributed by atoms with Crippen LogP contribution in [0.5, 0.6) is 0 Å². The maximum atomic E-state index is 12.1. The summed E-state index contributed by atoms with van der Waals surface area (Å²) in [5.41, 5.74) is 0.854. The van der Waals surface area contributed by atoms with Crippen molar-refractivity contribution in [3.63, 3.8) is 0 Å². The minimum Gasteiger partial charge on any atom is -0.299 e. The van der Waals surface area contributed by atoms with Crippen LogP contribution in [-0.2, 0) is 4.79 Å². The van der Waals surface area contributed by atoms with Crippen molar-refractivity contribution in [2.24, 2.45) is 5.41 Å². The first kappa shape index (κ1) is 10.1. The molecule has 0 N–H and O–H groups in total. The lowest BCUT2D eigenvalue weighted by atomic mass is 9.75. The largest absolute Gasteiger partial charge is 0.299 e. The first-order valence-corrected chi connectivity index (χ1v) is 5.14. The highest BCUT2D eigenvalue weighted by Crippen LogP contribution is 2.46. The van der Waals surface area contributed by atoms with E-state index in [2.05, 4.69) is 0 Å². The smallest absolute Gasteiger partial charge is 0.176 e. The highest BCUT2D eigenvalue weighted by atomic mass is 16.2. The standard InChI is InChI=1S/C13H14O2/c1-8-10-6-4-5-7-11(10)12(15)13(8,3)9(2)14/h4-8H,1-3H3. The molecule has 1 aliphatic carbocycles. The van der Waals surface area contributed by atoms with Gasteiger partial charge in [0.1, 0.15) is 5.78 Å². The SMILES string of the molecule is CC(=O)C1(C)C(=O)c2ccccc2C1C. The summed E-state index contributed by atoms with van der Waals surface area (Å²) in [6.07, 6.45) is 0. The molecule has 1 aliphatic rings. The van der Waals surface area contributed by atoms with Gasteiger partial charge in [-0.1, -0.05) is 31.2 Å². The number of hydrogen-bond donors (Lipinski definition) is 0. The van der Waals surface area contributed by atoms with Gasteiger partial charge in [-0.15, -0.1) is 0 Å². The van der Waals surface area contributed by atoms with Crippen LogP contribution in [0.2, 0.25) is 0 Å². The van der Waals surface area contributed by atoms with Crippen molar-refractivity contribution in [3.05, 3.63) is 35.4 Å². The van der Waals surface area contributed by atoms with Gasteiger partial charge < -0.3 is 0 Å². The molecular weight excluding hydrogens is 188 g/mol. The van der Waals surface area contributed by atoms with Crippen LogP contribution in [0.4, 0.5) is 0 Å². The molecule has 0 spiro atoms. The molecule has 0 heterocycles. The fourth-order valence-electron chi connectivity index (χ4n) is 2.33. The van der Waals surface area contributed by atoms with Crippen LogP contribution in [0.15, 0.2) is 24.3 Å². The molecule has 0 fully saturated rings. The summed E-state index contributed by atoms with van der Waals surface area (Å²) >= 11 is 0. The van der Waals surface area contributed by atoms with Gasteiger partial charge in [-0.3, -0.25) is 9.59 Å². The Balaban J connectivity index is 2.64. The zero-order chi connectivity index (χ0) is 11.2. The van der Waals surface area contributed by atoms with Gasteiger partial charge in [0, 0.05) is 11.5 Å². The van der Waals surface area contributed by atoms with Crippen LogP contribution in [0, 0.1) is 5.41 Å². The van der Waals surface area contributed by atoms with E-state index in [-0.39, 0.29) is 17.5 Å². The average molecular weight is 202 g/mol. The molecule has 2 heteroatoms. The lowest BCUT2D eigenvalue weighted by Crippen LogP contribution is -2.34. The van der Waals surface area contributed by atoms with Gasteiger partial charge in [-0.05, 0) is 19.4 Å². The van der Waals surface area contributed by atoms with E-state index >= 15 is 0 Å². The first-order valence-electron chi connectivity index (χ1n) is 5.14. The lowest BCUT2D eigenvalue weighted by Gasteiger charge is -2.24. The molecular formula is C13H14O2. The molecule has 2 rings (SSSR count). The number of hydrogen-bond acceptors (Lipinski definition) is 2. The van der Waals surface area contributed by atoms with Gasteiger partial charge in [0.15, 0.2) is 5.78 Å². The predicted octanol–water partition coefficient (Wildman–Crippen LogP) is 2.58. The highest BCUT2D eigenvalue weighted by Gasteiger charge is 2.50. The monoisotopic (exact) mass is 202 g/mol. The van der Waals surface area contributed by atoms with Gasteiger partial charge in [0.2, 0.25) is 0 Å². The van der Waals surface area contributed by atoms with Gasteiger partial charge in [-0.2, -0.15) is 0 Å². The second-order valence-corrected chi connectivity index (χ2v) is 4.40. The van der Waals surface area contributed by atoms with Crippen LogP contribution in [-0.4, -0.2) is 11.6 Å². The number of rotatable bonds is 1. The highest BCUT2D eigenvalue weighted by molar-refractivity contribution is 6.17. The molecule has 0 saturated heterocycles. The van der Waals surface area contributed by atoms with Crippen molar-refractivity contribution >= 4 is 11.6 Å². The Labute approximate surface area is 89.3 Å². The summed E-state index contributed by atoms with van der Waals surface area (Å²) in [4.78, 5) is 23.8. The number of fused-ring (bicyclic) bond motifs is 1. The molecule has 78 valence electrons. The van der Waals surface area contributed by atoms with Crippen LogP contribution < -0.4 is 0 Å². The Kier molecular flexibility index (Phi) is 2.03. The molecule has 1 aromatic carbocycles. The van der Waals surface area contributed by atoms with Gasteiger partial charge in [-0.25, -0.2) is 0 Å². The molecule has 0 aromatic heterocycles. The van der Waals surface area contributed by atoms with Crippen molar-refractivity contribution < 1.29 is 9.59 Å². The maximum absolute atomic E-state index is 12.1. The Morgan fingerprint density at radius 1 is 1.33 bits per heavy atom. The third-order valence-electron chi connectivity index (χ3n) is 3.74. The number of Topliss-reactive ketones (excluding diaryl/α,β-unsaturated/α-hetero) is 2. The molecule has 2 atom stereocenters. The zero-order valence-corrected chi connectivity index (χ0v) is 9.20. The normalized spacial score (nSPS) is 29.0. The summed E-state index contributed by atoms with van der Waals surface area (Å²) in [6, 6.07) is 7.50. The molecule has 0 saturated carbocycles. The quantitative estimate of drug-likeness (QED) is 0.656. The van der Waals surface area contributed by atoms with E-state index in [1.165, 1.54) is 6.92 Å². The molecule has 15 heavy (non-hydrogen) atoms. The summed E-state index contributed by atoms with van der Waals surface area (Å²) in [6.45, 7) is 5.20. The second kappa shape index (κ2) is 3.02. The van der Waals surface area contributed by atoms with Gasteiger partial charge in [0.25, 0.3) is 0 Å². The summed E-state index contributed by atoms with van der Waals surface area (Å²) in [5, 5.41) is 0. The number of carbonyl (C=O) groups is 2. The third kappa shape index (κ3) is 1.11. The first-order chi connectivity index (χ1) is 6.99. The van der Waals surface area contributed by atoms with Crippen LogP contribution >= 0.6 is 0 Å².